The van der Waals surface area contributed by atoms with Crippen LogP contribution in [0.3, 0.4) is 0 Å². The van der Waals surface area contributed by atoms with Crippen LogP contribution in [-0.2, 0) is 0 Å². The molecule has 1 aromatic carbocycles. The van der Waals surface area contributed by atoms with Gasteiger partial charge in [0, 0.05) is 12.2 Å². The topological polar surface area (TPSA) is 33.3 Å². The highest BCUT2D eigenvalue weighted by atomic mass is 16.5. The van der Waals surface area contributed by atoms with Crippen molar-refractivity contribution in [2.24, 2.45) is 5.92 Å². The fraction of sp³-hybridized carbons (Fsp3) is 0.600. The van der Waals surface area contributed by atoms with Crippen LogP contribution in [-0.4, -0.2) is 26.2 Å². The molecule has 0 unspecified atom stereocenters. The van der Waals surface area contributed by atoms with Crippen LogP contribution < -0.4 is 15.4 Å². The van der Waals surface area contributed by atoms with E-state index in [0.717, 1.165) is 44.3 Å². The molecule has 0 spiro atoms. The van der Waals surface area contributed by atoms with Crippen molar-refractivity contribution in [3.05, 3.63) is 24.3 Å². The van der Waals surface area contributed by atoms with E-state index in [-0.39, 0.29) is 0 Å². The van der Waals surface area contributed by atoms with E-state index in [1.165, 1.54) is 18.5 Å². The van der Waals surface area contributed by atoms with Crippen LogP contribution in [0.1, 0.15) is 26.2 Å². The van der Waals surface area contributed by atoms with Crippen molar-refractivity contribution in [1.82, 2.24) is 5.32 Å². The van der Waals surface area contributed by atoms with Gasteiger partial charge in [-0.2, -0.15) is 0 Å². The number of hydrogen-bond donors (Lipinski definition) is 2. The minimum Gasteiger partial charge on any atom is -0.494 e. The highest BCUT2D eigenvalue weighted by Crippen LogP contribution is 2.18. The summed E-state index contributed by atoms with van der Waals surface area (Å²) in [5.41, 5.74) is 1.19. The Kier molecular flexibility index (Phi) is 5.34. The molecule has 1 aliphatic heterocycles. The predicted octanol–water partition coefficient (Wildman–Crippen LogP) is 2.89. The molecule has 1 aromatic rings. The number of anilines is 1. The van der Waals surface area contributed by atoms with Crippen LogP contribution in [0.2, 0.25) is 0 Å². The van der Waals surface area contributed by atoms with Gasteiger partial charge in [0.15, 0.2) is 0 Å². The first-order chi connectivity index (χ1) is 8.88. The van der Waals surface area contributed by atoms with E-state index in [0.29, 0.717) is 0 Å². The molecule has 0 aliphatic carbocycles. The van der Waals surface area contributed by atoms with Gasteiger partial charge in [0.2, 0.25) is 0 Å². The van der Waals surface area contributed by atoms with Crippen LogP contribution in [0.25, 0.3) is 0 Å². The third-order valence-electron chi connectivity index (χ3n) is 3.38. The normalized spacial score (nSPS) is 16.5. The van der Waals surface area contributed by atoms with Gasteiger partial charge in [-0.05, 0) is 62.5 Å². The molecule has 0 amide bonds. The maximum Gasteiger partial charge on any atom is 0.119 e. The van der Waals surface area contributed by atoms with Crippen LogP contribution in [0, 0.1) is 5.92 Å². The van der Waals surface area contributed by atoms with Crippen LogP contribution in [0.5, 0.6) is 5.75 Å². The van der Waals surface area contributed by atoms with E-state index in [1.807, 2.05) is 12.1 Å². The minimum absolute atomic E-state index is 0.794. The number of rotatable bonds is 6. The maximum absolute atomic E-state index is 5.57. The van der Waals surface area contributed by atoms with E-state index in [4.69, 9.17) is 4.74 Å². The summed E-state index contributed by atoms with van der Waals surface area (Å²) in [5, 5.41) is 6.91. The van der Waals surface area contributed by atoms with Gasteiger partial charge in [-0.3, -0.25) is 0 Å². The fourth-order valence-corrected chi connectivity index (χ4v) is 2.24. The van der Waals surface area contributed by atoms with Crippen molar-refractivity contribution >= 4 is 5.69 Å². The summed E-state index contributed by atoms with van der Waals surface area (Å²) in [7, 11) is 0. The first kappa shape index (κ1) is 13.2. The lowest BCUT2D eigenvalue weighted by atomic mass is 9.98. The molecule has 0 saturated carbocycles. The molecule has 0 aromatic heterocycles. The molecule has 2 N–H and O–H groups in total. The summed E-state index contributed by atoms with van der Waals surface area (Å²) in [6.45, 7) is 6.32. The lowest BCUT2D eigenvalue weighted by molar-refractivity contribution is 0.317. The molecule has 1 fully saturated rings. The maximum atomic E-state index is 5.57. The van der Waals surface area contributed by atoms with Gasteiger partial charge < -0.3 is 15.4 Å². The zero-order valence-electron chi connectivity index (χ0n) is 11.2. The molecule has 100 valence electrons. The van der Waals surface area contributed by atoms with E-state index < -0.39 is 0 Å². The molecule has 1 heterocycles. The molecule has 3 heteroatoms. The second-order valence-corrected chi connectivity index (χ2v) is 4.95. The average molecular weight is 248 g/mol. The summed E-state index contributed by atoms with van der Waals surface area (Å²) >= 11 is 0. The van der Waals surface area contributed by atoms with Gasteiger partial charge in [-0.1, -0.05) is 6.92 Å². The number of nitrogens with one attached hydrogen (secondary N) is 2. The lowest BCUT2D eigenvalue weighted by Crippen LogP contribution is -2.31. The van der Waals surface area contributed by atoms with Crippen molar-refractivity contribution in [3.8, 4) is 5.75 Å². The minimum atomic E-state index is 0.794. The lowest BCUT2D eigenvalue weighted by Gasteiger charge is -2.23. The third kappa shape index (κ3) is 4.22. The summed E-state index contributed by atoms with van der Waals surface area (Å²) in [5.74, 6) is 1.77. The largest absolute Gasteiger partial charge is 0.494 e. The molecule has 0 atom stereocenters. The summed E-state index contributed by atoms with van der Waals surface area (Å²) in [4.78, 5) is 0. The van der Waals surface area contributed by atoms with Crippen molar-refractivity contribution < 1.29 is 4.74 Å². The first-order valence-corrected chi connectivity index (χ1v) is 7.06. The molecule has 0 radical (unpaired) electrons. The van der Waals surface area contributed by atoms with Crippen LogP contribution in [0.15, 0.2) is 24.3 Å². The van der Waals surface area contributed by atoms with E-state index >= 15 is 0 Å². The van der Waals surface area contributed by atoms with Crippen molar-refractivity contribution in [1.29, 1.82) is 0 Å². The number of ether oxygens (including phenoxy) is 1. The molecule has 2 rings (SSSR count). The Bertz CT molecular complexity index is 331. The molecule has 18 heavy (non-hydrogen) atoms. The highest BCUT2D eigenvalue weighted by Gasteiger charge is 2.12. The fourth-order valence-electron chi connectivity index (χ4n) is 2.24. The van der Waals surface area contributed by atoms with Gasteiger partial charge in [-0.25, -0.2) is 0 Å². The van der Waals surface area contributed by atoms with Crippen molar-refractivity contribution in [2.45, 2.75) is 26.2 Å². The Morgan fingerprint density at radius 1 is 1.22 bits per heavy atom. The van der Waals surface area contributed by atoms with E-state index in [1.54, 1.807) is 0 Å². The zero-order valence-corrected chi connectivity index (χ0v) is 11.2. The summed E-state index contributed by atoms with van der Waals surface area (Å²) in [6.07, 6.45) is 3.62. The van der Waals surface area contributed by atoms with Gasteiger partial charge in [0.05, 0.1) is 6.61 Å². The number of benzene rings is 1. The Hall–Kier alpha value is -1.22. The molecular formula is C15H24N2O. The Morgan fingerprint density at radius 2 is 1.94 bits per heavy atom. The molecular weight excluding hydrogens is 224 g/mol. The highest BCUT2D eigenvalue weighted by molar-refractivity contribution is 5.46. The van der Waals surface area contributed by atoms with Gasteiger partial charge in [-0.15, -0.1) is 0 Å². The van der Waals surface area contributed by atoms with Crippen LogP contribution >= 0.6 is 0 Å². The SMILES string of the molecule is CCCOc1ccc(NCC2CCNCC2)cc1. The second-order valence-electron chi connectivity index (χ2n) is 4.95. The Morgan fingerprint density at radius 3 is 2.61 bits per heavy atom. The molecule has 3 nitrogen and oxygen atoms in total. The smallest absolute Gasteiger partial charge is 0.119 e. The first-order valence-electron chi connectivity index (χ1n) is 7.06. The standard InChI is InChI=1S/C15H24N2O/c1-2-11-18-15-5-3-14(4-6-15)17-12-13-7-9-16-10-8-13/h3-6,13,16-17H,2,7-12H2,1H3. The Labute approximate surface area is 110 Å². The van der Waals surface area contributed by atoms with E-state index in [2.05, 4.69) is 29.7 Å². The van der Waals surface area contributed by atoms with Gasteiger partial charge in [0.25, 0.3) is 0 Å². The van der Waals surface area contributed by atoms with Crippen molar-refractivity contribution in [3.63, 3.8) is 0 Å². The predicted molar refractivity (Wildman–Crippen MR) is 76.3 cm³/mol. The number of piperidine rings is 1. The molecule has 1 aliphatic rings. The van der Waals surface area contributed by atoms with Gasteiger partial charge in [0.1, 0.15) is 5.75 Å². The summed E-state index contributed by atoms with van der Waals surface area (Å²) < 4.78 is 5.57. The van der Waals surface area contributed by atoms with Gasteiger partial charge >= 0.3 is 0 Å². The summed E-state index contributed by atoms with van der Waals surface area (Å²) in [6, 6.07) is 8.29. The zero-order chi connectivity index (χ0) is 12.6. The van der Waals surface area contributed by atoms with Crippen LogP contribution in [0.4, 0.5) is 5.69 Å². The third-order valence-corrected chi connectivity index (χ3v) is 3.38. The Balaban J connectivity index is 1.75. The van der Waals surface area contributed by atoms with Crippen molar-refractivity contribution in [2.75, 3.05) is 31.6 Å². The van der Waals surface area contributed by atoms with E-state index in [9.17, 15) is 0 Å². The monoisotopic (exact) mass is 248 g/mol. The molecule has 0 bridgehead atoms. The number of hydrogen-bond acceptors (Lipinski definition) is 3. The quantitative estimate of drug-likeness (QED) is 0.812. The second kappa shape index (κ2) is 7.27. The average Bonchev–Trinajstić information content (AvgIpc) is 2.45. The molecule has 1 saturated heterocycles.